The molecule has 31 heavy (non-hydrogen) atoms. The van der Waals surface area contributed by atoms with Crippen molar-refractivity contribution in [1.82, 2.24) is 15.5 Å². The summed E-state index contributed by atoms with van der Waals surface area (Å²) in [5, 5.41) is 17.3. The predicted molar refractivity (Wildman–Crippen MR) is 121 cm³/mol. The van der Waals surface area contributed by atoms with Gasteiger partial charge in [-0.1, -0.05) is 0 Å². The Morgan fingerprint density at radius 2 is 2.00 bits per heavy atom. The van der Waals surface area contributed by atoms with Crippen LogP contribution in [0.3, 0.4) is 0 Å². The van der Waals surface area contributed by atoms with Gasteiger partial charge in [0.1, 0.15) is 17.3 Å². The van der Waals surface area contributed by atoms with Crippen LogP contribution in [0.4, 0.5) is 0 Å². The zero-order chi connectivity index (χ0) is 22.1. The van der Waals surface area contributed by atoms with Crippen molar-refractivity contribution in [1.29, 1.82) is 0 Å². The Morgan fingerprint density at radius 1 is 1.19 bits per heavy atom. The van der Waals surface area contributed by atoms with Crippen LogP contribution in [0, 0.1) is 0 Å². The molecule has 1 aliphatic heterocycles. The molecule has 0 aliphatic carbocycles. The van der Waals surface area contributed by atoms with Gasteiger partial charge in [0.2, 0.25) is 0 Å². The topological polar surface area (TPSA) is 91.5 Å². The Kier molecular flexibility index (Phi) is 8.61. The highest BCUT2D eigenvalue weighted by Crippen LogP contribution is 2.29. The van der Waals surface area contributed by atoms with E-state index in [4.69, 9.17) is 18.9 Å². The van der Waals surface area contributed by atoms with Crippen LogP contribution in [0.1, 0.15) is 43.2 Å². The molecule has 0 amide bonds. The lowest BCUT2D eigenvalue weighted by molar-refractivity contribution is 0.176. The molecule has 1 aliphatic rings. The summed E-state index contributed by atoms with van der Waals surface area (Å²) in [6.07, 6.45) is 3.33. The third kappa shape index (κ3) is 6.15. The molecule has 1 aromatic heterocycles. The number of guanidine groups is 1. The average molecular weight is 431 g/mol. The number of methoxy groups -OCH3 is 2. The molecule has 1 aromatic carbocycles. The Bertz CT molecular complexity index is 819. The van der Waals surface area contributed by atoms with Gasteiger partial charge in [-0.05, 0) is 63.2 Å². The van der Waals surface area contributed by atoms with Crippen LogP contribution < -0.4 is 20.1 Å². The van der Waals surface area contributed by atoms with Gasteiger partial charge >= 0.3 is 0 Å². The average Bonchev–Trinajstić information content (AvgIpc) is 3.52. The summed E-state index contributed by atoms with van der Waals surface area (Å²) in [6.45, 7) is 5.70. The molecule has 8 heteroatoms. The van der Waals surface area contributed by atoms with Gasteiger partial charge in [0.05, 0.1) is 39.2 Å². The number of benzene rings is 1. The van der Waals surface area contributed by atoms with Crippen molar-refractivity contribution < 1.29 is 19.0 Å². The molecule has 2 atom stereocenters. The molecule has 0 radical (unpaired) electrons. The number of hydrogen-bond donors (Lipinski definition) is 3. The van der Waals surface area contributed by atoms with E-state index in [0.717, 1.165) is 25.4 Å². The number of likely N-dealkylation sites (tertiary alicyclic amines) is 1. The lowest BCUT2D eigenvalue weighted by atomic mass is 10.1. The Labute approximate surface area is 184 Å². The quantitative estimate of drug-likeness (QED) is 0.394. The zero-order valence-electron chi connectivity index (χ0n) is 18.6. The van der Waals surface area contributed by atoms with Gasteiger partial charge in [-0.25, -0.2) is 0 Å². The van der Waals surface area contributed by atoms with Crippen molar-refractivity contribution in [2.75, 3.05) is 46.9 Å². The van der Waals surface area contributed by atoms with Gasteiger partial charge in [-0.3, -0.25) is 9.89 Å². The number of hydrogen-bond acceptors (Lipinski definition) is 6. The maximum absolute atomic E-state index is 10.8. The second kappa shape index (κ2) is 11.6. The van der Waals surface area contributed by atoms with E-state index in [-0.39, 0.29) is 12.6 Å². The van der Waals surface area contributed by atoms with Crippen LogP contribution >= 0.6 is 0 Å². The molecule has 1 fully saturated rings. The van der Waals surface area contributed by atoms with Gasteiger partial charge in [0, 0.05) is 18.7 Å². The molecule has 0 spiro atoms. The normalized spacial score (nSPS) is 16.7. The predicted octanol–water partition coefficient (Wildman–Crippen LogP) is 2.72. The molecular weight excluding hydrogens is 396 g/mol. The molecule has 0 bridgehead atoms. The van der Waals surface area contributed by atoms with E-state index in [1.807, 2.05) is 19.1 Å². The fourth-order valence-corrected chi connectivity index (χ4v) is 3.84. The summed E-state index contributed by atoms with van der Waals surface area (Å²) >= 11 is 0. The second-order valence-corrected chi connectivity index (χ2v) is 7.50. The summed E-state index contributed by atoms with van der Waals surface area (Å²) in [4.78, 5) is 7.20. The van der Waals surface area contributed by atoms with Crippen molar-refractivity contribution in [2.45, 2.75) is 31.9 Å². The van der Waals surface area contributed by atoms with E-state index < -0.39 is 6.10 Å². The summed E-state index contributed by atoms with van der Waals surface area (Å²) in [5.41, 5.74) is 0.663. The van der Waals surface area contributed by atoms with Crippen LogP contribution in [0.15, 0.2) is 46.0 Å². The van der Waals surface area contributed by atoms with E-state index in [1.54, 1.807) is 38.7 Å². The highest BCUT2D eigenvalue weighted by molar-refractivity contribution is 5.79. The molecular formula is C23H34N4O4. The monoisotopic (exact) mass is 430 g/mol. The Hall–Kier alpha value is -2.71. The summed E-state index contributed by atoms with van der Waals surface area (Å²) in [6, 6.07) is 9.43. The third-order valence-corrected chi connectivity index (χ3v) is 5.48. The number of furan rings is 1. The van der Waals surface area contributed by atoms with E-state index >= 15 is 0 Å². The largest absolute Gasteiger partial charge is 0.497 e. The van der Waals surface area contributed by atoms with E-state index in [9.17, 15) is 5.11 Å². The fraction of sp³-hybridized carbons (Fsp3) is 0.522. The molecule has 0 saturated carbocycles. The maximum Gasteiger partial charge on any atom is 0.191 e. The Morgan fingerprint density at radius 3 is 2.65 bits per heavy atom. The molecule has 3 N–H and O–H groups in total. The fourth-order valence-electron chi connectivity index (χ4n) is 3.84. The number of ether oxygens (including phenoxy) is 2. The van der Waals surface area contributed by atoms with Crippen LogP contribution in [0.25, 0.3) is 0 Å². The molecule has 2 heterocycles. The van der Waals surface area contributed by atoms with E-state index in [1.165, 1.54) is 12.8 Å². The molecule has 8 nitrogen and oxygen atoms in total. The first kappa shape index (κ1) is 23.0. The summed E-state index contributed by atoms with van der Waals surface area (Å²) < 4.78 is 16.4. The number of nitrogens with one attached hydrogen (secondary N) is 2. The van der Waals surface area contributed by atoms with Gasteiger partial charge in [-0.2, -0.15) is 0 Å². The minimum Gasteiger partial charge on any atom is -0.497 e. The molecule has 1 saturated heterocycles. The second-order valence-electron chi connectivity index (χ2n) is 7.50. The number of aliphatic imine (C=N–C) groups is 1. The zero-order valence-corrected chi connectivity index (χ0v) is 18.6. The van der Waals surface area contributed by atoms with Crippen LogP contribution in [-0.4, -0.2) is 62.9 Å². The van der Waals surface area contributed by atoms with Crippen molar-refractivity contribution in [3.05, 3.63) is 47.9 Å². The maximum atomic E-state index is 10.8. The molecule has 3 rings (SSSR count). The third-order valence-electron chi connectivity index (χ3n) is 5.48. The number of rotatable bonds is 10. The van der Waals surface area contributed by atoms with E-state index in [2.05, 4.69) is 15.5 Å². The van der Waals surface area contributed by atoms with Gasteiger partial charge < -0.3 is 29.6 Å². The summed E-state index contributed by atoms with van der Waals surface area (Å²) in [7, 11) is 3.19. The number of nitrogens with zero attached hydrogens (tertiary/aromatic N) is 2. The first-order chi connectivity index (χ1) is 15.2. The van der Waals surface area contributed by atoms with E-state index in [0.29, 0.717) is 29.6 Å². The first-order valence-corrected chi connectivity index (χ1v) is 10.9. The number of aliphatic hydroxyl groups excluding tert-OH is 1. The van der Waals surface area contributed by atoms with Crippen LogP contribution in [0.2, 0.25) is 0 Å². The highest BCUT2D eigenvalue weighted by atomic mass is 16.5. The minimum atomic E-state index is -0.784. The number of aliphatic hydroxyl groups is 1. The van der Waals surface area contributed by atoms with Crippen LogP contribution in [-0.2, 0) is 0 Å². The SMILES string of the molecule is CCNC(=NCC(c1ccco1)N1CCCC1)NCC(O)c1cc(OC)ccc1OC. The molecule has 2 unspecified atom stereocenters. The van der Waals surface area contributed by atoms with Gasteiger partial charge in [-0.15, -0.1) is 0 Å². The standard InChI is InChI=1S/C23H34N4O4/c1-4-24-23(25-15-19(22-8-7-13-31-22)27-11-5-6-12-27)26-16-20(28)18-14-17(29-2)9-10-21(18)30-3/h7-10,13-14,19-20,28H,4-6,11-12,15-16H2,1-3H3,(H2,24,25,26). The van der Waals surface area contributed by atoms with Crippen LogP contribution in [0.5, 0.6) is 11.5 Å². The highest BCUT2D eigenvalue weighted by Gasteiger charge is 2.25. The smallest absolute Gasteiger partial charge is 0.191 e. The van der Waals surface area contributed by atoms with Crippen molar-refractivity contribution in [3.8, 4) is 11.5 Å². The van der Waals surface area contributed by atoms with Gasteiger partial charge in [0.25, 0.3) is 0 Å². The minimum absolute atomic E-state index is 0.108. The van der Waals surface area contributed by atoms with Crippen molar-refractivity contribution in [3.63, 3.8) is 0 Å². The molecule has 170 valence electrons. The first-order valence-electron chi connectivity index (χ1n) is 10.9. The van der Waals surface area contributed by atoms with Crippen molar-refractivity contribution in [2.24, 2.45) is 4.99 Å². The lowest BCUT2D eigenvalue weighted by Crippen LogP contribution is -2.40. The van der Waals surface area contributed by atoms with Gasteiger partial charge in [0.15, 0.2) is 5.96 Å². The lowest BCUT2D eigenvalue weighted by Gasteiger charge is -2.25. The Balaban J connectivity index is 1.68. The van der Waals surface area contributed by atoms with Crippen molar-refractivity contribution >= 4 is 5.96 Å². The summed E-state index contributed by atoms with van der Waals surface area (Å²) in [5.74, 6) is 2.87. The molecule has 2 aromatic rings.